The molecule has 1 unspecified atom stereocenters. The average molecular weight is 256 g/mol. The van der Waals surface area contributed by atoms with Gasteiger partial charge in [0.1, 0.15) is 0 Å². The minimum absolute atomic E-state index is 0.0782. The number of amides is 1. The predicted octanol–water partition coefficient (Wildman–Crippen LogP) is 3.28. The molecule has 3 nitrogen and oxygen atoms in total. The summed E-state index contributed by atoms with van der Waals surface area (Å²) in [5.74, 6) is 0.178. The van der Waals surface area contributed by atoms with Crippen LogP contribution in [0.15, 0.2) is 30.3 Å². The van der Waals surface area contributed by atoms with Gasteiger partial charge < -0.3 is 9.88 Å². The van der Waals surface area contributed by atoms with Crippen molar-refractivity contribution in [2.75, 3.05) is 13.1 Å². The van der Waals surface area contributed by atoms with Gasteiger partial charge in [0.15, 0.2) is 0 Å². The Labute approximate surface area is 113 Å². The fourth-order valence-corrected chi connectivity index (χ4v) is 2.85. The van der Waals surface area contributed by atoms with Crippen LogP contribution in [-0.2, 0) is 4.79 Å². The number of nitrogens with one attached hydrogen (secondary N) is 1. The number of nitrogens with zero attached hydrogens (tertiary/aromatic N) is 1. The van der Waals surface area contributed by atoms with Gasteiger partial charge in [-0.1, -0.05) is 18.2 Å². The van der Waals surface area contributed by atoms with Crippen LogP contribution in [0.3, 0.4) is 0 Å². The monoisotopic (exact) mass is 256 g/mol. The highest BCUT2D eigenvalue weighted by Crippen LogP contribution is 2.24. The van der Waals surface area contributed by atoms with Crippen LogP contribution in [0.1, 0.15) is 37.8 Å². The van der Waals surface area contributed by atoms with Crippen molar-refractivity contribution in [1.82, 2.24) is 9.88 Å². The average Bonchev–Trinajstić information content (AvgIpc) is 2.90. The maximum atomic E-state index is 12.5. The van der Waals surface area contributed by atoms with Gasteiger partial charge in [0.05, 0.1) is 5.92 Å². The highest BCUT2D eigenvalue weighted by Gasteiger charge is 2.24. The SMILES string of the molecule is CC(C(=O)N1CCCCC1)c1cc2ccccc2[nH]1. The van der Waals surface area contributed by atoms with Crippen LogP contribution in [-0.4, -0.2) is 28.9 Å². The normalized spacial score (nSPS) is 17.6. The van der Waals surface area contributed by atoms with Crippen LogP contribution in [0.5, 0.6) is 0 Å². The first-order valence-corrected chi connectivity index (χ1v) is 7.12. The summed E-state index contributed by atoms with van der Waals surface area (Å²) in [6, 6.07) is 10.3. The molecule has 0 saturated carbocycles. The van der Waals surface area contributed by atoms with E-state index in [9.17, 15) is 4.79 Å². The lowest BCUT2D eigenvalue weighted by molar-refractivity contribution is -0.133. The number of rotatable bonds is 2. The number of benzene rings is 1. The van der Waals surface area contributed by atoms with E-state index in [0.717, 1.165) is 37.1 Å². The molecular formula is C16H20N2O. The lowest BCUT2D eigenvalue weighted by Crippen LogP contribution is -2.38. The largest absolute Gasteiger partial charge is 0.358 e. The van der Waals surface area contributed by atoms with Crippen molar-refractivity contribution in [3.05, 3.63) is 36.0 Å². The van der Waals surface area contributed by atoms with E-state index in [4.69, 9.17) is 0 Å². The summed E-state index contributed by atoms with van der Waals surface area (Å²) in [6.45, 7) is 3.84. The van der Waals surface area contributed by atoms with E-state index in [-0.39, 0.29) is 11.8 Å². The molecule has 1 saturated heterocycles. The van der Waals surface area contributed by atoms with Crippen LogP contribution >= 0.6 is 0 Å². The van der Waals surface area contributed by atoms with E-state index in [1.807, 2.05) is 24.0 Å². The Morgan fingerprint density at radius 2 is 1.95 bits per heavy atom. The Bertz CT molecular complexity index is 548. The number of H-pyrrole nitrogens is 1. The quantitative estimate of drug-likeness (QED) is 0.879. The second kappa shape index (κ2) is 5.08. The number of carbonyl (C=O) groups excluding carboxylic acids is 1. The molecular weight excluding hydrogens is 236 g/mol. The summed E-state index contributed by atoms with van der Waals surface area (Å²) in [5.41, 5.74) is 2.13. The van der Waals surface area contributed by atoms with E-state index in [1.54, 1.807) is 0 Å². The van der Waals surface area contributed by atoms with Crippen molar-refractivity contribution >= 4 is 16.8 Å². The molecule has 1 N–H and O–H groups in total. The molecule has 0 aliphatic carbocycles. The van der Waals surface area contributed by atoms with Gasteiger partial charge in [0.2, 0.25) is 5.91 Å². The van der Waals surface area contributed by atoms with Gasteiger partial charge in [0, 0.05) is 24.3 Å². The van der Waals surface area contributed by atoms with Gasteiger partial charge in [-0.15, -0.1) is 0 Å². The third-order valence-corrected chi connectivity index (χ3v) is 4.06. The number of aromatic amines is 1. The molecule has 1 atom stereocenters. The highest BCUT2D eigenvalue weighted by atomic mass is 16.2. The lowest BCUT2D eigenvalue weighted by Gasteiger charge is -2.29. The van der Waals surface area contributed by atoms with E-state index in [2.05, 4.69) is 23.2 Å². The molecule has 2 aromatic rings. The van der Waals surface area contributed by atoms with E-state index in [1.165, 1.54) is 11.8 Å². The molecule has 1 aromatic heterocycles. The highest BCUT2D eigenvalue weighted by molar-refractivity contribution is 5.86. The molecule has 1 aliphatic heterocycles. The number of para-hydroxylation sites is 1. The molecule has 1 aliphatic rings. The summed E-state index contributed by atoms with van der Waals surface area (Å²) < 4.78 is 0. The van der Waals surface area contributed by atoms with Crippen LogP contribution in [0.25, 0.3) is 10.9 Å². The minimum atomic E-state index is -0.0782. The number of piperidine rings is 1. The van der Waals surface area contributed by atoms with Gasteiger partial charge >= 0.3 is 0 Å². The summed E-state index contributed by atoms with van der Waals surface area (Å²) in [7, 11) is 0. The summed E-state index contributed by atoms with van der Waals surface area (Å²) >= 11 is 0. The molecule has 1 amide bonds. The third kappa shape index (κ3) is 2.37. The molecule has 0 spiro atoms. The zero-order valence-electron chi connectivity index (χ0n) is 11.4. The van der Waals surface area contributed by atoms with Gasteiger partial charge in [-0.2, -0.15) is 0 Å². The van der Waals surface area contributed by atoms with E-state index >= 15 is 0 Å². The van der Waals surface area contributed by atoms with Crippen LogP contribution in [0.2, 0.25) is 0 Å². The Balaban J connectivity index is 1.82. The molecule has 0 radical (unpaired) electrons. The van der Waals surface area contributed by atoms with Gasteiger partial charge in [-0.25, -0.2) is 0 Å². The Kier molecular flexibility index (Phi) is 3.28. The fourth-order valence-electron chi connectivity index (χ4n) is 2.85. The number of hydrogen-bond donors (Lipinski definition) is 1. The van der Waals surface area contributed by atoms with Crippen LogP contribution in [0.4, 0.5) is 0 Å². The fraction of sp³-hybridized carbons (Fsp3) is 0.438. The molecule has 100 valence electrons. The second-order valence-electron chi connectivity index (χ2n) is 5.42. The van der Waals surface area contributed by atoms with Gasteiger partial charge in [-0.05, 0) is 43.7 Å². The lowest BCUT2D eigenvalue weighted by atomic mass is 10.0. The first-order valence-electron chi connectivity index (χ1n) is 7.12. The van der Waals surface area contributed by atoms with Crippen LogP contribution in [0, 0.1) is 0 Å². The van der Waals surface area contributed by atoms with Crippen molar-refractivity contribution in [3.63, 3.8) is 0 Å². The molecule has 1 fully saturated rings. The molecule has 1 aromatic carbocycles. The van der Waals surface area contributed by atoms with Crippen molar-refractivity contribution in [2.45, 2.75) is 32.1 Å². The number of fused-ring (bicyclic) bond motifs is 1. The molecule has 2 heterocycles. The molecule has 3 heteroatoms. The maximum Gasteiger partial charge on any atom is 0.231 e. The number of hydrogen-bond acceptors (Lipinski definition) is 1. The maximum absolute atomic E-state index is 12.5. The topological polar surface area (TPSA) is 36.1 Å². The predicted molar refractivity (Wildman–Crippen MR) is 77.1 cm³/mol. The van der Waals surface area contributed by atoms with Gasteiger partial charge in [-0.3, -0.25) is 4.79 Å². The smallest absolute Gasteiger partial charge is 0.231 e. The third-order valence-electron chi connectivity index (χ3n) is 4.06. The molecule has 3 rings (SSSR count). The van der Waals surface area contributed by atoms with Crippen molar-refractivity contribution in [1.29, 1.82) is 0 Å². The van der Waals surface area contributed by atoms with Crippen molar-refractivity contribution in [2.24, 2.45) is 0 Å². The number of likely N-dealkylation sites (tertiary alicyclic amines) is 1. The summed E-state index contributed by atoms with van der Waals surface area (Å²) in [6.07, 6.45) is 3.54. The first kappa shape index (κ1) is 12.3. The van der Waals surface area contributed by atoms with Crippen molar-refractivity contribution in [3.8, 4) is 0 Å². The van der Waals surface area contributed by atoms with Crippen molar-refractivity contribution < 1.29 is 4.79 Å². The second-order valence-corrected chi connectivity index (χ2v) is 5.42. The summed E-state index contributed by atoms with van der Waals surface area (Å²) in [4.78, 5) is 17.9. The standard InChI is InChI=1S/C16H20N2O/c1-12(16(19)18-9-5-2-6-10-18)15-11-13-7-3-4-8-14(13)17-15/h3-4,7-8,11-12,17H,2,5-6,9-10H2,1H3. The Hall–Kier alpha value is -1.77. The Morgan fingerprint density at radius 3 is 2.68 bits per heavy atom. The van der Waals surface area contributed by atoms with Crippen LogP contribution < -0.4 is 0 Å². The number of carbonyl (C=O) groups is 1. The molecule has 19 heavy (non-hydrogen) atoms. The zero-order valence-corrected chi connectivity index (χ0v) is 11.4. The first-order chi connectivity index (χ1) is 9.25. The summed E-state index contributed by atoms with van der Waals surface area (Å²) in [5, 5.41) is 1.18. The van der Waals surface area contributed by atoms with Gasteiger partial charge in [0.25, 0.3) is 0 Å². The number of aromatic nitrogens is 1. The van der Waals surface area contributed by atoms with E-state index in [0.29, 0.717) is 0 Å². The van der Waals surface area contributed by atoms with E-state index < -0.39 is 0 Å². The Morgan fingerprint density at radius 1 is 1.21 bits per heavy atom. The zero-order chi connectivity index (χ0) is 13.2. The minimum Gasteiger partial charge on any atom is -0.358 e. The molecule has 0 bridgehead atoms.